The van der Waals surface area contributed by atoms with E-state index in [1.165, 1.54) is 0 Å². The minimum absolute atomic E-state index is 0.286. The first kappa shape index (κ1) is 22.3. The van der Waals surface area contributed by atoms with Crippen molar-refractivity contribution >= 4 is 28.7 Å². The largest absolute Gasteiger partial charge is 0.491 e. The molecule has 0 fully saturated rings. The molecule has 1 atom stereocenters. The van der Waals surface area contributed by atoms with Crippen molar-refractivity contribution in [3.63, 3.8) is 0 Å². The summed E-state index contributed by atoms with van der Waals surface area (Å²) in [6.07, 6.45) is 1.10. The maximum atomic E-state index is 11.6. The van der Waals surface area contributed by atoms with Gasteiger partial charge in [0.25, 0.3) is 0 Å². The second-order valence-electron chi connectivity index (χ2n) is 7.34. The molecule has 10 heteroatoms. The molecule has 2 aromatic rings. The maximum absolute atomic E-state index is 11.6. The third-order valence-electron chi connectivity index (χ3n) is 4.92. The van der Waals surface area contributed by atoms with Crippen LogP contribution in [0.15, 0.2) is 24.3 Å². The monoisotopic (exact) mass is 430 g/mol. The molecule has 0 spiro atoms. The molecule has 0 saturated carbocycles. The van der Waals surface area contributed by atoms with Gasteiger partial charge in [0, 0.05) is 30.6 Å². The molecular weight excluding hydrogens is 400 g/mol. The lowest BCUT2D eigenvalue weighted by molar-refractivity contribution is 0.1000. The normalized spacial score (nSPS) is 15.9. The summed E-state index contributed by atoms with van der Waals surface area (Å²) in [5.74, 6) is 0.420. The molecule has 11 N–H and O–H groups in total. The lowest BCUT2D eigenvalue weighted by Gasteiger charge is -2.18. The second kappa shape index (κ2) is 10.1. The number of benzene rings is 2. The van der Waals surface area contributed by atoms with Crippen molar-refractivity contribution in [2.45, 2.75) is 25.5 Å². The Kier molecular flexibility index (Phi) is 7.27. The van der Waals surface area contributed by atoms with Gasteiger partial charge in [-0.25, -0.2) is 0 Å². The minimum Gasteiger partial charge on any atom is -0.491 e. The van der Waals surface area contributed by atoms with Crippen LogP contribution in [-0.2, 0) is 0 Å². The van der Waals surface area contributed by atoms with E-state index < -0.39 is 12.1 Å². The summed E-state index contributed by atoms with van der Waals surface area (Å²) in [7, 11) is 0. The van der Waals surface area contributed by atoms with Crippen LogP contribution >= 0.6 is 0 Å². The summed E-state index contributed by atoms with van der Waals surface area (Å²) in [5, 5.41) is 16.3. The third kappa shape index (κ3) is 5.62. The zero-order valence-electron chi connectivity index (χ0n) is 17.3. The number of rotatable bonds is 2. The van der Waals surface area contributed by atoms with Gasteiger partial charge in [-0.3, -0.25) is 4.79 Å². The summed E-state index contributed by atoms with van der Waals surface area (Å²) < 4.78 is 11.8. The van der Waals surface area contributed by atoms with Crippen molar-refractivity contribution in [1.82, 2.24) is 0 Å². The number of aliphatic hydroxyl groups is 1. The van der Waals surface area contributed by atoms with Gasteiger partial charge in [-0.15, -0.1) is 0 Å². The van der Waals surface area contributed by atoms with Crippen LogP contribution in [-0.4, -0.2) is 37.3 Å². The summed E-state index contributed by atoms with van der Waals surface area (Å²) in [4.78, 5) is 11.6. The number of hydrogen-bond donors (Lipinski definition) is 7. The highest BCUT2D eigenvalue weighted by Crippen LogP contribution is 2.35. The highest BCUT2D eigenvalue weighted by Gasteiger charge is 2.15. The molecule has 0 saturated heterocycles. The third-order valence-corrected chi connectivity index (χ3v) is 4.92. The molecule has 0 aliphatic carbocycles. The number of primary amides is 1. The van der Waals surface area contributed by atoms with Gasteiger partial charge in [0.1, 0.15) is 29.1 Å². The van der Waals surface area contributed by atoms with Gasteiger partial charge in [0.2, 0.25) is 5.91 Å². The Morgan fingerprint density at radius 1 is 0.903 bits per heavy atom. The molecule has 10 nitrogen and oxygen atoms in total. The van der Waals surface area contributed by atoms with Gasteiger partial charge < -0.3 is 48.1 Å². The highest BCUT2D eigenvalue weighted by atomic mass is 16.5. The Morgan fingerprint density at radius 3 is 2.00 bits per heavy atom. The van der Waals surface area contributed by atoms with Crippen molar-refractivity contribution in [3.8, 4) is 11.5 Å². The number of amides is 1. The van der Waals surface area contributed by atoms with Crippen LogP contribution in [0.1, 0.15) is 41.4 Å². The van der Waals surface area contributed by atoms with Gasteiger partial charge in [0.15, 0.2) is 0 Å². The number of carbonyl (C=O) groups is 1. The van der Waals surface area contributed by atoms with Crippen LogP contribution in [0.3, 0.4) is 0 Å². The molecule has 3 rings (SSSR count). The Balaban J connectivity index is 1.80. The zero-order chi connectivity index (χ0) is 22.4. The van der Waals surface area contributed by atoms with Gasteiger partial charge in [-0.1, -0.05) is 0 Å². The lowest BCUT2D eigenvalue weighted by atomic mass is 10.1. The summed E-state index contributed by atoms with van der Waals surface area (Å²) in [6, 6.07) is 6.44. The topological polar surface area (TPSA) is 184 Å². The van der Waals surface area contributed by atoms with E-state index >= 15 is 0 Å². The Morgan fingerprint density at radius 2 is 1.45 bits per heavy atom. The smallest absolute Gasteiger partial charge is 0.248 e. The van der Waals surface area contributed by atoms with Crippen molar-refractivity contribution in [1.29, 1.82) is 0 Å². The van der Waals surface area contributed by atoms with E-state index in [1.807, 2.05) is 0 Å². The molecule has 0 bridgehead atoms. The Labute approximate surface area is 180 Å². The highest BCUT2D eigenvalue weighted by molar-refractivity contribution is 5.96. The number of hydrogen-bond acceptors (Lipinski definition) is 9. The van der Waals surface area contributed by atoms with Gasteiger partial charge in [0.05, 0.1) is 24.6 Å². The molecule has 0 aromatic heterocycles. The summed E-state index contributed by atoms with van der Waals surface area (Å²) in [5.41, 5.74) is 26.2. The molecule has 168 valence electrons. The van der Waals surface area contributed by atoms with Crippen molar-refractivity contribution in [3.05, 3.63) is 35.4 Å². The second-order valence-corrected chi connectivity index (χ2v) is 7.34. The molecular formula is C21H30N6O4. The van der Waals surface area contributed by atoms with Crippen LogP contribution in [0.5, 0.6) is 11.5 Å². The lowest BCUT2D eigenvalue weighted by Crippen LogP contribution is -2.14. The van der Waals surface area contributed by atoms with Crippen molar-refractivity contribution < 1.29 is 19.4 Å². The fraction of sp³-hybridized carbons (Fsp3) is 0.381. The average molecular weight is 431 g/mol. The molecule has 1 unspecified atom stereocenters. The van der Waals surface area contributed by atoms with Crippen molar-refractivity contribution in [2.24, 2.45) is 11.5 Å². The van der Waals surface area contributed by atoms with Gasteiger partial charge in [-0.2, -0.15) is 0 Å². The van der Waals surface area contributed by atoms with Crippen LogP contribution < -0.4 is 43.0 Å². The Hall–Kier alpha value is -3.37. The fourth-order valence-corrected chi connectivity index (χ4v) is 3.32. The standard InChI is InChI=1S/C21H30N6O4/c22-14-8-12(20(24)28)10-16-18(14)26-4-1-2-5-27-19-15(23)9-13(21(25)29)11-17(19)31-7-3-6-30-16/h8-11,20,26-28H,1-7,22-24H2,(H2,25,29). The van der Waals surface area contributed by atoms with E-state index in [0.29, 0.717) is 72.5 Å². The predicted molar refractivity (Wildman–Crippen MR) is 121 cm³/mol. The van der Waals surface area contributed by atoms with Gasteiger partial charge >= 0.3 is 0 Å². The van der Waals surface area contributed by atoms with Crippen LogP contribution in [0, 0.1) is 0 Å². The molecule has 0 radical (unpaired) electrons. The number of aliphatic hydroxyl groups excluding tert-OH is 1. The van der Waals surface area contributed by atoms with E-state index in [1.54, 1.807) is 24.3 Å². The Bertz CT molecular complexity index is 935. The van der Waals surface area contributed by atoms with Crippen LogP contribution in [0.25, 0.3) is 0 Å². The van der Waals surface area contributed by atoms with E-state index in [2.05, 4.69) is 10.6 Å². The SMILES string of the molecule is NC(=O)c1cc(N)c2c(c1)OCCCOc1cc(C(N)O)cc(N)c1NCCCCN2. The molecule has 1 heterocycles. The zero-order valence-corrected chi connectivity index (χ0v) is 17.3. The molecule has 1 aliphatic rings. The van der Waals surface area contributed by atoms with Crippen LogP contribution in [0.4, 0.5) is 22.7 Å². The fourth-order valence-electron chi connectivity index (χ4n) is 3.32. The summed E-state index contributed by atoms with van der Waals surface area (Å²) >= 11 is 0. The molecule has 1 amide bonds. The number of ether oxygens (including phenoxy) is 2. The van der Waals surface area contributed by atoms with E-state index in [-0.39, 0.29) is 5.56 Å². The first-order valence-electron chi connectivity index (χ1n) is 10.2. The quantitative estimate of drug-likeness (QED) is 0.273. The summed E-state index contributed by atoms with van der Waals surface area (Å²) in [6.45, 7) is 2.00. The molecule has 2 aromatic carbocycles. The molecule has 31 heavy (non-hydrogen) atoms. The van der Waals surface area contributed by atoms with Crippen LogP contribution in [0.2, 0.25) is 0 Å². The molecule has 1 aliphatic heterocycles. The van der Waals surface area contributed by atoms with Gasteiger partial charge in [-0.05, 0) is 37.1 Å². The minimum atomic E-state index is -1.15. The number of nitrogen functional groups attached to an aromatic ring is 2. The number of carbonyl (C=O) groups excluding carboxylic acids is 1. The first-order chi connectivity index (χ1) is 14.9. The number of nitrogens with two attached hydrogens (primary N) is 4. The average Bonchev–Trinajstić information content (AvgIpc) is 2.72. The van der Waals surface area contributed by atoms with E-state index in [9.17, 15) is 9.90 Å². The van der Waals surface area contributed by atoms with Crippen molar-refractivity contribution in [2.75, 3.05) is 48.4 Å². The predicted octanol–water partition coefficient (Wildman–Crippen LogP) is 1.36. The first-order valence-corrected chi connectivity index (χ1v) is 10.2. The maximum Gasteiger partial charge on any atom is 0.248 e. The number of nitrogens with one attached hydrogen (secondary N) is 2. The number of anilines is 4. The van der Waals surface area contributed by atoms with E-state index in [0.717, 1.165) is 12.8 Å². The number of fused-ring (bicyclic) bond motifs is 2. The van der Waals surface area contributed by atoms with E-state index in [4.69, 9.17) is 32.4 Å².